The van der Waals surface area contributed by atoms with Crippen LogP contribution in [0.1, 0.15) is 11.1 Å². The van der Waals surface area contributed by atoms with Crippen LogP contribution in [-0.4, -0.2) is 21.6 Å². The lowest BCUT2D eigenvalue weighted by molar-refractivity contribution is -0.137. The summed E-state index contributed by atoms with van der Waals surface area (Å²) >= 11 is 0. The number of pyridine rings is 1. The van der Waals surface area contributed by atoms with Gasteiger partial charge in [-0.3, -0.25) is 9.55 Å². The van der Waals surface area contributed by atoms with E-state index in [-0.39, 0.29) is 23.9 Å². The minimum atomic E-state index is -4.69. The summed E-state index contributed by atoms with van der Waals surface area (Å²) in [4.78, 5) is 18.7. The Morgan fingerprint density at radius 1 is 1.06 bits per heavy atom. The smallest absolute Gasteiger partial charge is 0.418 e. The predicted octanol–water partition coefficient (Wildman–Crippen LogP) is 3.85. The Kier molecular flexibility index (Phi) is 6.09. The zero-order chi connectivity index (χ0) is 22.8. The predicted molar refractivity (Wildman–Crippen MR) is 96.0 cm³/mol. The first-order valence-corrected chi connectivity index (χ1v) is 8.51. The van der Waals surface area contributed by atoms with E-state index in [4.69, 9.17) is 14.2 Å². The van der Waals surface area contributed by atoms with Crippen LogP contribution in [0.5, 0.6) is 23.3 Å². The molecule has 12 heteroatoms. The van der Waals surface area contributed by atoms with Crippen LogP contribution < -0.4 is 19.9 Å². The molecule has 0 saturated carbocycles. The quantitative estimate of drug-likeness (QED) is 0.539. The molecule has 164 valence electrons. The fourth-order valence-electron chi connectivity index (χ4n) is 2.47. The molecular weight excluding hydrogens is 429 g/mol. The molecule has 0 aliphatic rings. The van der Waals surface area contributed by atoms with Gasteiger partial charge in [0.05, 0.1) is 24.9 Å². The number of hydrogen-bond acceptors (Lipinski definition) is 6. The topological polar surface area (TPSA) is 75.5 Å². The summed E-state index contributed by atoms with van der Waals surface area (Å²) in [5, 5.41) is 0. The number of aromatic nitrogens is 3. The number of ether oxygens (including phenoxy) is 3. The third kappa shape index (κ3) is 5.08. The Morgan fingerprint density at radius 3 is 2.35 bits per heavy atom. The van der Waals surface area contributed by atoms with Crippen molar-refractivity contribution >= 4 is 0 Å². The number of nitrogens with zero attached hydrogens (tertiary/aromatic N) is 3. The van der Waals surface area contributed by atoms with Gasteiger partial charge in [0.25, 0.3) is 0 Å². The molecule has 0 fully saturated rings. The van der Waals surface area contributed by atoms with Crippen molar-refractivity contribution < 1.29 is 36.2 Å². The summed E-state index contributed by atoms with van der Waals surface area (Å²) in [6.45, 7) is -0.359. The fraction of sp³-hybridized carbons (Fsp3) is 0.211. The number of hydrogen-bond donors (Lipinski definition) is 0. The van der Waals surface area contributed by atoms with Gasteiger partial charge >= 0.3 is 11.9 Å². The normalized spacial score (nSPS) is 11.3. The van der Waals surface area contributed by atoms with Crippen molar-refractivity contribution in [3.8, 4) is 23.3 Å². The summed E-state index contributed by atoms with van der Waals surface area (Å²) in [5.74, 6) is -3.72. The van der Waals surface area contributed by atoms with E-state index >= 15 is 0 Å². The SMILES string of the molecule is COc1cc(OCc2cc(F)c(Oc3cncc(C(F)(F)F)c3)c(F)c2)nc(=O)n1C. The lowest BCUT2D eigenvalue weighted by atomic mass is 10.2. The third-order valence-corrected chi connectivity index (χ3v) is 3.98. The van der Waals surface area contributed by atoms with E-state index in [9.17, 15) is 26.7 Å². The van der Waals surface area contributed by atoms with Gasteiger partial charge in [-0.1, -0.05) is 0 Å². The molecule has 0 atom stereocenters. The van der Waals surface area contributed by atoms with Gasteiger partial charge in [-0.2, -0.15) is 18.2 Å². The Labute approximate surface area is 171 Å². The first-order valence-electron chi connectivity index (χ1n) is 8.51. The van der Waals surface area contributed by atoms with Gasteiger partial charge in [-0.05, 0) is 23.8 Å². The van der Waals surface area contributed by atoms with Crippen LogP contribution in [0.25, 0.3) is 0 Å². The molecule has 0 N–H and O–H groups in total. The molecule has 0 unspecified atom stereocenters. The molecule has 0 amide bonds. The summed E-state index contributed by atoms with van der Waals surface area (Å²) in [6.07, 6.45) is -3.25. The van der Waals surface area contributed by atoms with Gasteiger partial charge < -0.3 is 14.2 Å². The summed E-state index contributed by atoms with van der Waals surface area (Å²) < 4.78 is 83.2. The minimum Gasteiger partial charge on any atom is -0.482 e. The van der Waals surface area contributed by atoms with E-state index in [1.165, 1.54) is 20.2 Å². The number of rotatable bonds is 6. The summed E-state index contributed by atoms with van der Waals surface area (Å²) in [5.41, 5.74) is -1.77. The summed E-state index contributed by atoms with van der Waals surface area (Å²) in [6, 6.07) is 3.62. The lowest BCUT2D eigenvalue weighted by Gasteiger charge is -2.12. The molecule has 31 heavy (non-hydrogen) atoms. The Hall–Kier alpha value is -3.70. The average Bonchev–Trinajstić information content (AvgIpc) is 2.71. The molecular formula is C19H14F5N3O4. The van der Waals surface area contributed by atoms with Crippen LogP contribution in [0.3, 0.4) is 0 Å². The standard InChI is InChI=1S/C19H14F5N3O4/c1-27-16(29-2)6-15(26-18(27)28)30-9-10-3-13(20)17(14(21)4-10)31-12-5-11(7-25-8-12)19(22,23)24/h3-8H,9H2,1-2H3. The van der Waals surface area contributed by atoms with Crippen LogP contribution in [-0.2, 0) is 19.8 Å². The van der Waals surface area contributed by atoms with Gasteiger partial charge in [-0.15, -0.1) is 0 Å². The van der Waals surface area contributed by atoms with Gasteiger partial charge in [0.1, 0.15) is 12.4 Å². The maximum Gasteiger partial charge on any atom is 0.418 e. The molecule has 3 aromatic rings. The second-order valence-corrected chi connectivity index (χ2v) is 6.16. The largest absolute Gasteiger partial charge is 0.482 e. The maximum absolute atomic E-state index is 14.3. The molecule has 0 radical (unpaired) electrons. The molecule has 7 nitrogen and oxygen atoms in total. The van der Waals surface area contributed by atoms with Crippen molar-refractivity contribution in [2.75, 3.05) is 7.11 Å². The van der Waals surface area contributed by atoms with Crippen molar-refractivity contribution in [2.45, 2.75) is 12.8 Å². The maximum atomic E-state index is 14.3. The molecule has 0 spiro atoms. The van der Waals surface area contributed by atoms with E-state index in [1.54, 1.807) is 0 Å². The van der Waals surface area contributed by atoms with E-state index in [2.05, 4.69) is 9.97 Å². The Morgan fingerprint density at radius 2 is 1.74 bits per heavy atom. The highest BCUT2D eigenvalue weighted by molar-refractivity contribution is 5.36. The molecule has 0 bridgehead atoms. The minimum absolute atomic E-state index is 0.0194. The number of alkyl halides is 3. The van der Waals surface area contributed by atoms with E-state index in [0.717, 1.165) is 22.9 Å². The van der Waals surface area contributed by atoms with E-state index in [0.29, 0.717) is 12.3 Å². The van der Waals surface area contributed by atoms with Gasteiger partial charge in [0, 0.05) is 13.2 Å². The highest BCUT2D eigenvalue weighted by Crippen LogP contribution is 2.33. The monoisotopic (exact) mass is 443 g/mol. The molecule has 2 aromatic heterocycles. The molecule has 3 rings (SSSR count). The van der Waals surface area contributed by atoms with Gasteiger partial charge in [-0.25, -0.2) is 13.6 Å². The third-order valence-electron chi connectivity index (χ3n) is 3.98. The zero-order valence-corrected chi connectivity index (χ0v) is 16.0. The van der Waals surface area contributed by atoms with Crippen LogP contribution in [0.4, 0.5) is 22.0 Å². The van der Waals surface area contributed by atoms with Gasteiger partial charge in [0.15, 0.2) is 17.4 Å². The van der Waals surface area contributed by atoms with Crippen LogP contribution >= 0.6 is 0 Å². The number of halogens is 5. The average molecular weight is 443 g/mol. The first kappa shape index (κ1) is 22.0. The Bertz CT molecular complexity index is 1140. The molecule has 0 saturated heterocycles. The fourth-order valence-corrected chi connectivity index (χ4v) is 2.47. The van der Waals surface area contributed by atoms with Gasteiger partial charge in [0.2, 0.25) is 11.8 Å². The van der Waals surface area contributed by atoms with Crippen LogP contribution in [0.15, 0.2) is 41.5 Å². The highest BCUT2D eigenvalue weighted by atomic mass is 19.4. The molecule has 1 aromatic carbocycles. The van der Waals surface area contributed by atoms with Crippen LogP contribution in [0.2, 0.25) is 0 Å². The second-order valence-electron chi connectivity index (χ2n) is 6.16. The van der Waals surface area contributed by atoms with Crippen molar-refractivity contribution in [3.63, 3.8) is 0 Å². The lowest BCUT2D eigenvalue weighted by Crippen LogP contribution is -2.21. The number of benzene rings is 1. The van der Waals surface area contributed by atoms with Crippen molar-refractivity contribution in [2.24, 2.45) is 7.05 Å². The molecule has 0 aliphatic carbocycles. The second kappa shape index (κ2) is 8.58. The Balaban J connectivity index is 1.78. The molecule has 0 aliphatic heterocycles. The van der Waals surface area contributed by atoms with E-state index in [1.807, 2.05) is 0 Å². The summed E-state index contributed by atoms with van der Waals surface area (Å²) in [7, 11) is 2.77. The van der Waals surface area contributed by atoms with E-state index < -0.39 is 40.6 Å². The van der Waals surface area contributed by atoms with Crippen LogP contribution in [0, 0.1) is 11.6 Å². The number of methoxy groups -OCH3 is 1. The molecule has 2 heterocycles. The zero-order valence-electron chi connectivity index (χ0n) is 16.0. The first-order chi connectivity index (χ1) is 14.6. The van der Waals surface area contributed by atoms with Crippen molar-refractivity contribution in [1.82, 2.24) is 14.5 Å². The van der Waals surface area contributed by atoms with Crippen molar-refractivity contribution in [1.29, 1.82) is 0 Å². The van der Waals surface area contributed by atoms with Crippen molar-refractivity contribution in [3.05, 3.63) is 69.9 Å². The highest BCUT2D eigenvalue weighted by Gasteiger charge is 2.31.